The van der Waals surface area contributed by atoms with Crippen LogP contribution in [-0.4, -0.2) is 14.6 Å². The third-order valence-corrected chi connectivity index (χ3v) is 3.04. The van der Waals surface area contributed by atoms with Crippen LogP contribution >= 0.6 is 0 Å². The minimum atomic E-state index is 0.789. The fourth-order valence-electron chi connectivity index (χ4n) is 2.25. The summed E-state index contributed by atoms with van der Waals surface area (Å²) in [5.74, 6) is 0.789. The first kappa shape index (κ1) is 7.97. The molecule has 0 N–H and O–H groups in total. The largest absolute Gasteiger partial charge is 0.237 e. The lowest BCUT2D eigenvalue weighted by molar-refractivity contribution is 0.485. The van der Waals surface area contributed by atoms with Crippen LogP contribution in [0.2, 0.25) is 0 Å². The van der Waals surface area contributed by atoms with Gasteiger partial charge in [-0.2, -0.15) is 5.10 Å². The van der Waals surface area contributed by atoms with Crippen molar-refractivity contribution in [3.63, 3.8) is 0 Å². The molecular weight excluding hydrogens is 174 g/mol. The molecule has 2 heterocycles. The maximum atomic E-state index is 4.39. The van der Waals surface area contributed by atoms with Crippen LogP contribution in [0.3, 0.4) is 0 Å². The van der Waals surface area contributed by atoms with Gasteiger partial charge in [-0.3, -0.25) is 0 Å². The molecule has 3 rings (SSSR count). The highest BCUT2D eigenvalue weighted by atomic mass is 15.2. The highest BCUT2D eigenvalue weighted by molar-refractivity contribution is 5.40. The van der Waals surface area contributed by atoms with Crippen molar-refractivity contribution in [1.29, 1.82) is 0 Å². The van der Waals surface area contributed by atoms with E-state index >= 15 is 0 Å². The summed E-state index contributed by atoms with van der Waals surface area (Å²) in [5, 5.41) is 4.31. The zero-order valence-corrected chi connectivity index (χ0v) is 8.27. The minimum Gasteiger partial charge on any atom is -0.237 e. The molecule has 0 saturated carbocycles. The number of fused-ring (bicyclic) bond motifs is 3. The summed E-state index contributed by atoms with van der Waals surface area (Å²) in [7, 11) is 0. The van der Waals surface area contributed by atoms with Gasteiger partial charge in [0.25, 0.3) is 0 Å². The van der Waals surface area contributed by atoms with Gasteiger partial charge >= 0.3 is 0 Å². The van der Waals surface area contributed by atoms with E-state index in [4.69, 9.17) is 0 Å². The molecule has 2 aromatic heterocycles. The van der Waals surface area contributed by atoms with E-state index in [0.29, 0.717) is 0 Å². The Labute approximate surface area is 82.8 Å². The molecule has 0 bridgehead atoms. The lowest BCUT2D eigenvalue weighted by Gasteiger charge is -2.21. The first-order valence-corrected chi connectivity index (χ1v) is 5.15. The van der Waals surface area contributed by atoms with Gasteiger partial charge in [-0.15, -0.1) is 0 Å². The van der Waals surface area contributed by atoms with Crippen LogP contribution in [0.4, 0.5) is 0 Å². The average molecular weight is 187 g/mol. The maximum Gasteiger partial charge on any atom is 0.155 e. The monoisotopic (exact) mass is 187 g/mol. The van der Waals surface area contributed by atoms with Crippen LogP contribution in [0.15, 0.2) is 18.5 Å². The van der Waals surface area contributed by atoms with Gasteiger partial charge in [0.1, 0.15) is 0 Å². The van der Waals surface area contributed by atoms with E-state index in [9.17, 15) is 0 Å². The predicted octanol–water partition coefficient (Wildman–Crippen LogP) is 1.85. The van der Waals surface area contributed by atoms with Gasteiger partial charge < -0.3 is 0 Å². The fourth-order valence-corrected chi connectivity index (χ4v) is 2.25. The van der Waals surface area contributed by atoms with E-state index in [1.807, 2.05) is 23.0 Å². The molecule has 0 aromatic carbocycles. The van der Waals surface area contributed by atoms with Crippen molar-refractivity contribution in [2.75, 3.05) is 0 Å². The smallest absolute Gasteiger partial charge is 0.155 e. The standard InChI is InChI=1S/C11H13N3/c1-8-2-3-10-9(6-8)7-12-11-4-5-13-14(10)11/h4-5,7-8H,2-3,6H2,1H3. The first-order chi connectivity index (χ1) is 6.84. The van der Waals surface area contributed by atoms with Crippen LogP contribution in [0, 0.1) is 5.92 Å². The van der Waals surface area contributed by atoms with Crippen LogP contribution < -0.4 is 0 Å². The van der Waals surface area contributed by atoms with Gasteiger partial charge in [0, 0.05) is 18.0 Å². The lowest BCUT2D eigenvalue weighted by atomic mass is 9.89. The van der Waals surface area contributed by atoms with Crippen LogP contribution in [0.1, 0.15) is 24.6 Å². The number of aromatic nitrogens is 3. The van der Waals surface area contributed by atoms with Crippen LogP contribution in [-0.2, 0) is 12.8 Å². The Kier molecular flexibility index (Phi) is 1.60. The summed E-state index contributed by atoms with van der Waals surface area (Å²) in [4.78, 5) is 4.39. The highest BCUT2D eigenvalue weighted by Crippen LogP contribution is 2.24. The molecule has 0 radical (unpaired) electrons. The second kappa shape index (κ2) is 2.80. The van der Waals surface area contributed by atoms with Crippen molar-refractivity contribution >= 4 is 5.65 Å². The fraction of sp³-hybridized carbons (Fsp3) is 0.455. The van der Waals surface area contributed by atoms with Crippen molar-refractivity contribution in [2.45, 2.75) is 26.2 Å². The quantitative estimate of drug-likeness (QED) is 0.630. The van der Waals surface area contributed by atoms with Crippen molar-refractivity contribution in [2.24, 2.45) is 5.92 Å². The zero-order valence-electron chi connectivity index (χ0n) is 8.27. The second-order valence-electron chi connectivity index (χ2n) is 4.18. The molecule has 0 spiro atoms. The van der Waals surface area contributed by atoms with Gasteiger partial charge in [-0.1, -0.05) is 6.92 Å². The normalized spacial score (nSPS) is 21.1. The van der Waals surface area contributed by atoms with Gasteiger partial charge in [0.15, 0.2) is 5.65 Å². The molecule has 0 saturated heterocycles. The molecule has 3 nitrogen and oxygen atoms in total. The topological polar surface area (TPSA) is 30.2 Å². The van der Waals surface area contributed by atoms with E-state index in [1.165, 1.54) is 17.7 Å². The second-order valence-corrected chi connectivity index (χ2v) is 4.18. The summed E-state index contributed by atoms with van der Waals surface area (Å²) in [6.45, 7) is 2.30. The van der Waals surface area contributed by atoms with Gasteiger partial charge in [-0.05, 0) is 30.7 Å². The minimum absolute atomic E-state index is 0.789. The molecule has 0 fully saturated rings. The molecule has 3 heteroatoms. The number of nitrogens with zero attached hydrogens (tertiary/aromatic N) is 3. The summed E-state index contributed by atoms with van der Waals surface area (Å²) in [5.41, 5.74) is 3.70. The van der Waals surface area contributed by atoms with Crippen LogP contribution in [0.5, 0.6) is 0 Å². The molecule has 2 aromatic rings. The molecule has 14 heavy (non-hydrogen) atoms. The summed E-state index contributed by atoms with van der Waals surface area (Å²) < 4.78 is 1.99. The van der Waals surface area contributed by atoms with E-state index in [1.54, 1.807) is 0 Å². The van der Waals surface area contributed by atoms with E-state index in [-0.39, 0.29) is 0 Å². The molecule has 1 atom stereocenters. The molecule has 72 valence electrons. The van der Waals surface area contributed by atoms with E-state index < -0.39 is 0 Å². The average Bonchev–Trinajstić information content (AvgIpc) is 2.65. The molecule has 1 aliphatic rings. The van der Waals surface area contributed by atoms with Crippen molar-refractivity contribution in [3.8, 4) is 0 Å². The first-order valence-electron chi connectivity index (χ1n) is 5.15. The Bertz CT molecular complexity index is 472. The number of hydrogen-bond donors (Lipinski definition) is 0. The number of hydrogen-bond acceptors (Lipinski definition) is 2. The predicted molar refractivity (Wildman–Crippen MR) is 54.2 cm³/mol. The van der Waals surface area contributed by atoms with Crippen molar-refractivity contribution < 1.29 is 0 Å². The third kappa shape index (κ3) is 1.05. The summed E-state index contributed by atoms with van der Waals surface area (Å²) >= 11 is 0. The Hall–Kier alpha value is -1.38. The molecule has 0 aliphatic heterocycles. The van der Waals surface area contributed by atoms with Gasteiger partial charge in [-0.25, -0.2) is 9.50 Å². The Balaban J connectivity index is 2.24. The molecular formula is C11H13N3. The maximum absolute atomic E-state index is 4.39. The summed E-state index contributed by atoms with van der Waals surface area (Å²) in [6, 6.07) is 1.96. The van der Waals surface area contributed by atoms with Crippen molar-refractivity contribution in [1.82, 2.24) is 14.6 Å². The number of aryl methyl sites for hydroxylation is 1. The lowest BCUT2D eigenvalue weighted by Crippen LogP contribution is -2.16. The van der Waals surface area contributed by atoms with Crippen molar-refractivity contribution in [3.05, 3.63) is 29.7 Å². The Morgan fingerprint density at radius 3 is 3.36 bits per heavy atom. The molecule has 0 amide bonds. The third-order valence-electron chi connectivity index (χ3n) is 3.04. The van der Waals surface area contributed by atoms with Crippen LogP contribution in [0.25, 0.3) is 5.65 Å². The van der Waals surface area contributed by atoms with E-state index in [2.05, 4.69) is 17.0 Å². The molecule has 1 aliphatic carbocycles. The molecule has 1 unspecified atom stereocenters. The Morgan fingerprint density at radius 1 is 1.50 bits per heavy atom. The Morgan fingerprint density at radius 2 is 2.43 bits per heavy atom. The zero-order chi connectivity index (χ0) is 9.54. The van der Waals surface area contributed by atoms with Gasteiger partial charge in [0.05, 0.1) is 6.20 Å². The SMILES string of the molecule is CC1CCc2c(cnc3ccnn23)C1. The van der Waals surface area contributed by atoms with E-state index in [0.717, 1.165) is 24.4 Å². The summed E-state index contributed by atoms with van der Waals surface area (Å²) in [6.07, 6.45) is 7.39. The number of rotatable bonds is 0. The highest BCUT2D eigenvalue weighted by Gasteiger charge is 2.18. The van der Waals surface area contributed by atoms with Gasteiger partial charge in [0.2, 0.25) is 0 Å².